The van der Waals surface area contributed by atoms with Crippen molar-refractivity contribution in [2.75, 3.05) is 0 Å². The number of pyridine rings is 1. The first-order chi connectivity index (χ1) is 12.0. The summed E-state index contributed by atoms with van der Waals surface area (Å²) in [5.74, 6) is 0. The number of benzene rings is 2. The molecule has 2 aromatic carbocycles. The molecule has 0 radical (unpaired) electrons. The van der Waals surface area contributed by atoms with Crippen LogP contribution in [-0.2, 0) is 6.42 Å². The average Bonchev–Trinajstić information content (AvgIpc) is 2.62. The van der Waals surface area contributed by atoms with Gasteiger partial charge < -0.3 is 0 Å². The van der Waals surface area contributed by atoms with Crippen molar-refractivity contribution in [3.63, 3.8) is 0 Å². The lowest BCUT2D eigenvalue weighted by Gasteiger charge is -2.21. The summed E-state index contributed by atoms with van der Waals surface area (Å²) in [6.07, 6.45) is 4.45. The van der Waals surface area contributed by atoms with Gasteiger partial charge in [0.1, 0.15) is 0 Å². The second-order valence-corrected chi connectivity index (χ2v) is 12.7. The number of hydrogen-bond acceptors (Lipinski definition) is 1. The van der Waals surface area contributed by atoms with Gasteiger partial charge in [0.15, 0.2) is 0 Å². The minimum absolute atomic E-state index is 1.09. The fraction of sp³-hybridized carbons (Fsp3) is 0.261. The van der Waals surface area contributed by atoms with Crippen LogP contribution in [0.4, 0.5) is 0 Å². The normalized spacial score (nSPS) is 11.5. The quantitative estimate of drug-likeness (QED) is 0.524. The lowest BCUT2D eigenvalue weighted by atomic mass is 10.0. The van der Waals surface area contributed by atoms with E-state index in [-0.39, 0.29) is 0 Å². The van der Waals surface area contributed by atoms with Crippen molar-refractivity contribution in [3.05, 3.63) is 72.4 Å². The zero-order chi connectivity index (χ0) is 17.9. The standard InChI is InChI=1S/C23H27NSi/c1-5-9-21-16-22(24-17-23(21)25(2,3)4)20-14-12-19(13-15-20)18-10-7-6-8-11-18/h6-8,10-17H,5,9H2,1-4H3. The Bertz CT molecular complexity index is 830. The van der Waals surface area contributed by atoms with Crippen LogP contribution in [0.5, 0.6) is 0 Å². The van der Waals surface area contributed by atoms with E-state index >= 15 is 0 Å². The van der Waals surface area contributed by atoms with Crippen molar-refractivity contribution in [1.29, 1.82) is 0 Å². The van der Waals surface area contributed by atoms with E-state index in [1.54, 1.807) is 0 Å². The Hall–Kier alpha value is -2.19. The minimum Gasteiger partial charge on any atom is -0.256 e. The first-order valence-electron chi connectivity index (χ1n) is 9.14. The molecule has 0 saturated carbocycles. The van der Waals surface area contributed by atoms with E-state index in [1.807, 2.05) is 0 Å². The molecule has 3 aromatic rings. The summed E-state index contributed by atoms with van der Waals surface area (Å²) in [6, 6.07) is 21.6. The lowest BCUT2D eigenvalue weighted by molar-refractivity contribution is 0.924. The van der Waals surface area contributed by atoms with Gasteiger partial charge in [-0.05, 0) is 34.4 Å². The fourth-order valence-electron chi connectivity index (χ4n) is 3.27. The molecule has 3 rings (SSSR count). The Kier molecular flexibility index (Phi) is 5.19. The average molecular weight is 346 g/mol. The van der Waals surface area contributed by atoms with Crippen LogP contribution < -0.4 is 5.19 Å². The van der Waals surface area contributed by atoms with Gasteiger partial charge >= 0.3 is 0 Å². The number of aryl methyl sites for hydroxylation is 1. The van der Waals surface area contributed by atoms with Crippen LogP contribution in [0.2, 0.25) is 19.6 Å². The van der Waals surface area contributed by atoms with Gasteiger partial charge in [0.05, 0.1) is 13.8 Å². The Morgan fingerprint density at radius 1 is 0.800 bits per heavy atom. The Morgan fingerprint density at radius 2 is 1.40 bits per heavy atom. The van der Waals surface area contributed by atoms with Crippen molar-refractivity contribution < 1.29 is 0 Å². The maximum Gasteiger partial charge on any atom is 0.0799 e. The highest BCUT2D eigenvalue weighted by Crippen LogP contribution is 2.24. The van der Waals surface area contributed by atoms with E-state index < -0.39 is 8.07 Å². The Morgan fingerprint density at radius 3 is 2.00 bits per heavy atom. The van der Waals surface area contributed by atoms with Crippen LogP contribution in [0.25, 0.3) is 22.4 Å². The van der Waals surface area contributed by atoms with Gasteiger partial charge in [0, 0.05) is 11.8 Å². The van der Waals surface area contributed by atoms with Crippen LogP contribution in [0.3, 0.4) is 0 Å². The summed E-state index contributed by atoms with van der Waals surface area (Å²) in [5.41, 5.74) is 6.27. The molecule has 0 amide bonds. The molecule has 25 heavy (non-hydrogen) atoms. The van der Waals surface area contributed by atoms with Crippen LogP contribution in [0.1, 0.15) is 18.9 Å². The zero-order valence-electron chi connectivity index (χ0n) is 15.7. The molecule has 1 nitrogen and oxygen atoms in total. The molecule has 0 aliphatic heterocycles. The molecular weight excluding hydrogens is 318 g/mol. The molecule has 0 N–H and O–H groups in total. The first kappa shape index (κ1) is 17.6. The molecule has 0 spiro atoms. The Labute approximate surface area is 152 Å². The predicted octanol–water partition coefficient (Wildman–Crippen LogP) is 5.91. The van der Waals surface area contributed by atoms with Crippen LogP contribution in [0, 0.1) is 0 Å². The first-order valence-corrected chi connectivity index (χ1v) is 12.6. The van der Waals surface area contributed by atoms with Gasteiger partial charge in [-0.25, -0.2) is 0 Å². The predicted molar refractivity (Wildman–Crippen MR) is 112 cm³/mol. The van der Waals surface area contributed by atoms with E-state index in [0.717, 1.165) is 12.1 Å². The maximum atomic E-state index is 4.80. The summed E-state index contributed by atoms with van der Waals surface area (Å²) in [5, 5.41) is 1.50. The van der Waals surface area contributed by atoms with E-state index in [9.17, 15) is 0 Å². The molecule has 0 aliphatic rings. The van der Waals surface area contributed by atoms with Gasteiger partial charge in [0.25, 0.3) is 0 Å². The summed E-state index contributed by atoms with van der Waals surface area (Å²) in [4.78, 5) is 4.80. The van der Waals surface area contributed by atoms with Gasteiger partial charge in [-0.1, -0.05) is 87.6 Å². The molecule has 0 aliphatic carbocycles. The number of nitrogens with zero attached hydrogens (tertiary/aromatic N) is 1. The molecule has 0 saturated heterocycles. The molecule has 0 atom stereocenters. The number of aromatic nitrogens is 1. The molecule has 128 valence electrons. The van der Waals surface area contributed by atoms with Crippen molar-refractivity contribution in [2.45, 2.75) is 39.4 Å². The molecular formula is C23H27NSi. The topological polar surface area (TPSA) is 12.9 Å². The highest BCUT2D eigenvalue weighted by Gasteiger charge is 2.20. The van der Waals surface area contributed by atoms with Gasteiger partial charge in [0.2, 0.25) is 0 Å². The fourth-order valence-corrected chi connectivity index (χ4v) is 4.88. The molecule has 2 heteroatoms. The maximum absolute atomic E-state index is 4.80. The SMILES string of the molecule is CCCc1cc(-c2ccc(-c3ccccc3)cc2)ncc1[Si](C)(C)C. The molecule has 0 fully saturated rings. The van der Waals surface area contributed by atoms with E-state index in [0.29, 0.717) is 0 Å². The molecule has 0 bridgehead atoms. The van der Waals surface area contributed by atoms with Crippen molar-refractivity contribution in [1.82, 2.24) is 4.98 Å². The van der Waals surface area contributed by atoms with Crippen molar-refractivity contribution >= 4 is 13.3 Å². The molecule has 0 unspecified atom stereocenters. The third-order valence-corrected chi connectivity index (χ3v) is 6.67. The second-order valence-electron chi connectivity index (χ2n) is 7.67. The summed E-state index contributed by atoms with van der Waals surface area (Å²) < 4.78 is 0. The highest BCUT2D eigenvalue weighted by molar-refractivity contribution is 6.89. The summed E-state index contributed by atoms with van der Waals surface area (Å²) >= 11 is 0. The van der Waals surface area contributed by atoms with Gasteiger partial charge in [-0.15, -0.1) is 0 Å². The largest absolute Gasteiger partial charge is 0.256 e. The number of rotatable bonds is 5. The number of hydrogen-bond donors (Lipinski definition) is 0. The molecule has 1 aromatic heterocycles. The van der Waals surface area contributed by atoms with Gasteiger partial charge in [-0.2, -0.15) is 0 Å². The zero-order valence-corrected chi connectivity index (χ0v) is 16.7. The van der Waals surface area contributed by atoms with Crippen molar-refractivity contribution in [2.24, 2.45) is 0 Å². The van der Waals surface area contributed by atoms with Crippen LogP contribution in [-0.4, -0.2) is 13.1 Å². The Balaban J connectivity index is 1.95. The third kappa shape index (κ3) is 4.08. The third-order valence-electron chi connectivity index (χ3n) is 4.60. The summed E-state index contributed by atoms with van der Waals surface area (Å²) in [6.45, 7) is 9.45. The van der Waals surface area contributed by atoms with E-state index in [4.69, 9.17) is 4.98 Å². The van der Waals surface area contributed by atoms with E-state index in [2.05, 4.69) is 93.4 Å². The highest BCUT2D eigenvalue weighted by atomic mass is 28.3. The van der Waals surface area contributed by atoms with Crippen LogP contribution in [0.15, 0.2) is 66.9 Å². The van der Waals surface area contributed by atoms with Crippen LogP contribution >= 0.6 is 0 Å². The van der Waals surface area contributed by atoms with Gasteiger partial charge in [-0.3, -0.25) is 4.98 Å². The smallest absolute Gasteiger partial charge is 0.0799 e. The van der Waals surface area contributed by atoms with E-state index in [1.165, 1.54) is 33.9 Å². The second kappa shape index (κ2) is 7.36. The lowest BCUT2D eigenvalue weighted by Crippen LogP contribution is -2.40. The molecule has 1 heterocycles. The monoisotopic (exact) mass is 345 g/mol. The van der Waals surface area contributed by atoms with Crippen molar-refractivity contribution in [3.8, 4) is 22.4 Å². The minimum atomic E-state index is -1.35. The summed E-state index contributed by atoms with van der Waals surface area (Å²) in [7, 11) is -1.35.